The standard InChI is InChI=1S/C15H23N5O3/c1-11-13-9-12(10-16-14(13)19(2)18-11)17-15(21)20(5-7-22-3)6-8-23-4/h9-10H,5-8H2,1-4H3,(H,17,21). The number of ether oxygens (including phenoxy) is 2. The lowest BCUT2D eigenvalue weighted by Crippen LogP contribution is -2.39. The summed E-state index contributed by atoms with van der Waals surface area (Å²) in [5.74, 6) is 0. The number of methoxy groups -OCH3 is 2. The summed E-state index contributed by atoms with van der Waals surface area (Å²) in [5.41, 5.74) is 2.30. The number of aromatic nitrogens is 3. The molecule has 0 radical (unpaired) electrons. The van der Waals surface area contributed by atoms with Gasteiger partial charge in [0.05, 0.1) is 30.8 Å². The van der Waals surface area contributed by atoms with E-state index in [1.54, 1.807) is 30.0 Å². The molecule has 2 aromatic rings. The van der Waals surface area contributed by atoms with Gasteiger partial charge in [-0.2, -0.15) is 5.10 Å². The van der Waals surface area contributed by atoms with Gasteiger partial charge >= 0.3 is 6.03 Å². The average molecular weight is 321 g/mol. The SMILES string of the molecule is COCCN(CCOC)C(=O)Nc1cnc2c(c1)c(C)nn2C. The van der Waals surface area contributed by atoms with Gasteiger partial charge in [-0.25, -0.2) is 9.78 Å². The summed E-state index contributed by atoms with van der Waals surface area (Å²) < 4.78 is 11.8. The van der Waals surface area contributed by atoms with Gasteiger partial charge in [-0.15, -0.1) is 0 Å². The summed E-state index contributed by atoms with van der Waals surface area (Å²) in [5, 5.41) is 8.11. The molecule has 0 saturated carbocycles. The fraction of sp³-hybridized carbons (Fsp3) is 0.533. The molecule has 2 amide bonds. The van der Waals surface area contributed by atoms with Crippen molar-refractivity contribution in [3.8, 4) is 0 Å². The maximum absolute atomic E-state index is 12.4. The van der Waals surface area contributed by atoms with E-state index >= 15 is 0 Å². The summed E-state index contributed by atoms with van der Waals surface area (Å²) in [6.07, 6.45) is 1.63. The van der Waals surface area contributed by atoms with Crippen molar-refractivity contribution in [2.75, 3.05) is 45.8 Å². The highest BCUT2D eigenvalue weighted by molar-refractivity contribution is 5.92. The van der Waals surface area contributed by atoms with Crippen molar-refractivity contribution in [1.82, 2.24) is 19.7 Å². The molecule has 8 heteroatoms. The molecule has 1 N–H and O–H groups in total. The molecule has 0 aliphatic heterocycles. The maximum atomic E-state index is 12.4. The van der Waals surface area contributed by atoms with Crippen molar-refractivity contribution in [2.24, 2.45) is 7.05 Å². The van der Waals surface area contributed by atoms with Gasteiger partial charge in [-0.3, -0.25) is 4.68 Å². The average Bonchev–Trinajstić information content (AvgIpc) is 2.81. The molecular weight excluding hydrogens is 298 g/mol. The van der Waals surface area contributed by atoms with E-state index in [0.717, 1.165) is 16.7 Å². The molecule has 0 bridgehead atoms. The Kier molecular flexibility index (Phi) is 5.89. The third kappa shape index (κ3) is 4.17. The maximum Gasteiger partial charge on any atom is 0.322 e. The van der Waals surface area contributed by atoms with E-state index in [4.69, 9.17) is 9.47 Å². The number of hydrogen-bond donors (Lipinski definition) is 1. The van der Waals surface area contributed by atoms with E-state index in [0.29, 0.717) is 32.0 Å². The van der Waals surface area contributed by atoms with E-state index in [9.17, 15) is 4.79 Å². The van der Waals surface area contributed by atoms with Crippen molar-refractivity contribution in [3.05, 3.63) is 18.0 Å². The van der Waals surface area contributed by atoms with Crippen molar-refractivity contribution >= 4 is 22.8 Å². The lowest BCUT2D eigenvalue weighted by Gasteiger charge is -2.22. The highest BCUT2D eigenvalue weighted by Crippen LogP contribution is 2.19. The third-order valence-corrected chi connectivity index (χ3v) is 3.53. The summed E-state index contributed by atoms with van der Waals surface area (Å²) in [7, 11) is 5.06. The van der Waals surface area contributed by atoms with Crippen LogP contribution in [0.15, 0.2) is 12.3 Å². The number of nitrogens with one attached hydrogen (secondary N) is 1. The van der Waals surface area contributed by atoms with Crippen LogP contribution in [0.1, 0.15) is 5.69 Å². The number of hydrogen-bond acceptors (Lipinski definition) is 5. The van der Waals surface area contributed by atoms with E-state index in [1.807, 2.05) is 20.0 Å². The molecule has 126 valence electrons. The molecule has 23 heavy (non-hydrogen) atoms. The molecule has 0 aliphatic carbocycles. The van der Waals surface area contributed by atoms with Crippen LogP contribution in [0.2, 0.25) is 0 Å². The summed E-state index contributed by atoms with van der Waals surface area (Å²) in [6, 6.07) is 1.68. The highest BCUT2D eigenvalue weighted by Gasteiger charge is 2.14. The zero-order chi connectivity index (χ0) is 16.8. The Morgan fingerprint density at radius 1 is 1.30 bits per heavy atom. The molecule has 0 atom stereocenters. The number of nitrogens with zero attached hydrogens (tertiary/aromatic N) is 4. The van der Waals surface area contributed by atoms with Gasteiger partial charge in [0.1, 0.15) is 0 Å². The van der Waals surface area contributed by atoms with Gasteiger partial charge in [-0.1, -0.05) is 0 Å². The van der Waals surface area contributed by atoms with Crippen molar-refractivity contribution in [2.45, 2.75) is 6.92 Å². The van der Waals surface area contributed by atoms with Gasteiger partial charge in [0.2, 0.25) is 0 Å². The summed E-state index contributed by atoms with van der Waals surface area (Å²) in [4.78, 5) is 18.4. The normalized spacial score (nSPS) is 11.0. The Bertz CT molecular complexity index is 662. The molecule has 2 heterocycles. The molecular formula is C15H23N5O3. The minimum Gasteiger partial charge on any atom is -0.383 e. The number of urea groups is 1. The van der Waals surface area contributed by atoms with Crippen LogP contribution in [0, 0.1) is 6.92 Å². The summed E-state index contributed by atoms with van der Waals surface area (Å²) in [6.45, 7) is 3.84. The first-order valence-corrected chi connectivity index (χ1v) is 7.40. The highest BCUT2D eigenvalue weighted by atomic mass is 16.5. The van der Waals surface area contributed by atoms with Gasteiger partial charge < -0.3 is 19.7 Å². The number of carbonyl (C=O) groups is 1. The number of amides is 2. The molecule has 0 aromatic carbocycles. The largest absolute Gasteiger partial charge is 0.383 e. The summed E-state index contributed by atoms with van der Waals surface area (Å²) >= 11 is 0. The number of carbonyl (C=O) groups excluding carboxylic acids is 1. The van der Waals surface area contributed by atoms with Gasteiger partial charge in [0.25, 0.3) is 0 Å². The van der Waals surface area contributed by atoms with E-state index in [1.165, 1.54) is 0 Å². The lowest BCUT2D eigenvalue weighted by atomic mass is 10.2. The quantitative estimate of drug-likeness (QED) is 0.834. The molecule has 0 fully saturated rings. The van der Waals surface area contributed by atoms with Gasteiger partial charge in [-0.05, 0) is 13.0 Å². The fourth-order valence-electron chi connectivity index (χ4n) is 2.30. The number of fused-ring (bicyclic) bond motifs is 1. The second-order valence-electron chi connectivity index (χ2n) is 5.21. The minimum absolute atomic E-state index is 0.207. The molecule has 0 aliphatic rings. The van der Waals surface area contributed by atoms with Crippen LogP contribution in [0.25, 0.3) is 11.0 Å². The fourth-order valence-corrected chi connectivity index (χ4v) is 2.30. The second-order valence-corrected chi connectivity index (χ2v) is 5.21. The molecule has 2 rings (SSSR count). The Morgan fingerprint density at radius 2 is 1.96 bits per heavy atom. The van der Waals surface area contributed by atoms with Crippen LogP contribution in [0.5, 0.6) is 0 Å². The number of anilines is 1. The van der Waals surface area contributed by atoms with E-state index < -0.39 is 0 Å². The first kappa shape index (κ1) is 17.2. The monoisotopic (exact) mass is 321 g/mol. The van der Waals surface area contributed by atoms with Gasteiger partial charge in [0.15, 0.2) is 5.65 Å². The predicted octanol–water partition coefficient (Wildman–Crippen LogP) is 1.40. The van der Waals surface area contributed by atoms with Crippen LogP contribution in [0.4, 0.5) is 10.5 Å². The van der Waals surface area contributed by atoms with Crippen LogP contribution in [-0.2, 0) is 16.5 Å². The van der Waals surface area contributed by atoms with Crippen LogP contribution >= 0.6 is 0 Å². The lowest BCUT2D eigenvalue weighted by molar-refractivity contribution is 0.127. The number of rotatable bonds is 7. The number of pyridine rings is 1. The minimum atomic E-state index is -0.207. The number of aryl methyl sites for hydroxylation is 2. The van der Waals surface area contributed by atoms with E-state index in [2.05, 4.69) is 15.4 Å². The van der Waals surface area contributed by atoms with Crippen LogP contribution < -0.4 is 5.32 Å². The zero-order valence-corrected chi connectivity index (χ0v) is 14.0. The first-order valence-electron chi connectivity index (χ1n) is 7.40. The van der Waals surface area contributed by atoms with Crippen molar-refractivity contribution in [1.29, 1.82) is 0 Å². The molecule has 2 aromatic heterocycles. The van der Waals surface area contributed by atoms with Gasteiger partial charge in [0, 0.05) is 39.7 Å². The first-order chi connectivity index (χ1) is 11.1. The van der Waals surface area contributed by atoms with Crippen molar-refractivity contribution in [3.63, 3.8) is 0 Å². The van der Waals surface area contributed by atoms with Crippen LogP contribution in [-0.4, -0.2) is 66.2 Å². The smallest absolute Gasteiger partial charge is 0.322 e. The molecule has 0 saturated heterocycles. The Hall–Kier alpha value is -2.19. The Balaban J connectivity index is 2.11. The topological polar surface area (TPSA) is 81.5 Å². The predicted molar refractivity (Wildman–Crippen MR) is 87.6 cm³/mol. The third-order valence-electron chi connectivity index (χ3n) is 3.53. The molecule has 8 nitrogen and oxygen atoms in total. The molecule has 0 spiro atoms. The van der Waals surface area contributed by atoms with Crippen LogP contribution in [0.3, 0.4) is 0 Å². The Labute approximate surface area is 135 Å². The van der Waals surface area contributed by atoms with Crippen molar-refractivity contribution < 1.29 is 14.3 Å². The van der Waals surface area contributed by atoms with E-state index in [-0.39, 0.29) is 6.03 Å². The zero-order valence-electron chi connectivity index (χ0n) is 14.0. The Morgan fingerprint density at radius 3 is 2.57 bits per heavy atom. The second kappa shape index (κ2) is 7.89. The molecule has 0 unspecified atom stereocenters.